The van der Waals surface area contributed by atoms with E-state index in [2.05, 4.69) is 16.8 Å². The van der Waals surface area contributed by atoms with Gasteiger partial charge in [0, 0.05) is 32.7 Å². The summed E-state index contributed by atoms with van der Waals surface area (Å²) in [6.45, 7) is 9.49. The molecule has 1 aromatic rings. The Labute approximate surface area is 155 Å². The van der Waals surface area contributed by atoms with Crippen molar-refractivity contribution in [3.8, 4) is 0 Å². The minimum absolute atomic E-state index is 0.00903. The summed E-state index contributed by atoms with van der Waals surface area (Å²) in [4.78, 5) is 28.3. The molecule has 1 aliphatic rings. The van der Waals surface area contributed by atoms with E-state index in [0.29, 0.717) is 45.9 Å². The molecule has 142 valence electrons. The van der Waals surface area contributed by atoms with E-state index in [1.807, 2.05) is 35.2 Å². The highest BCUT2D eigenvalue weighted by Crippen LogP contribution is 2.06. The van der Waals surface area contributed by atoms with Crippen molar-refractivity contribution in [1.29, 1.82) is 0 Å². The van der Waals surface area contributed by atoms with Gasteiger partial charge in [-0.1, -0.05) is 36.4 Å². The van der Waals surface area contributed by atoms with E-state index < -0.39 is 6.10 Å². The number of carbonyl (C=O) groups is 2. The SMILES string of the molecule is C=CCCOC(C)C(=O)N1CCN(CC(=O)NCc2ccccc2)CC1. The molecule has 1 aromatic carbocycles. The molecule has 26 heavy (non-hydrogen) atoms. The normalized spacial score (nSPS) is 16.1. The van der Waals surface area contributed by atoms with Crippen molar-refractivity contribution < 1.29 is 14.3 Å². The third-order valence-electron chi connectivity index (χ3n) is 4.42. The summed E-state index contributed by atoms with van der Waals surface area (Å²) >= 11 is 0. The van der Waals surface area contributed by atoms with Crippen molar-refractivity contribution in [2.75, 3.05) is 39.3 Å². The van der Waals surface area contributed by atoms with Gasteiger partial charge in [0.05, 0.1) is 13.2 Å². The number of benzene rings is 1. The minimum atomic E-state index is -0.435. The van der Waals surface area contributed by atoms with Crippen LogP contribution in [0.4, 0.5) is 0 Å². The van der Waals surface area contributed by atoms with Crippen molar-refractivity contribution in [1.82, 2.24) is 15.1 Å². The Balaban J connectivity index is 1.66. The van der Waals surface area contributed by atoms with E-state index in [1.165, 1.54) is 0 Å². The molecule has 1 heterocycles. The Kier molecular flexibility index (Phi) is 8.31. The number of nitrogens with zero attached hydrogens (tertiary/aromatic N) is 2. The van der Waals surface area contributed by atoms with Crippen LogP contribution in [-0.4, -0.2) is 67.0 Å². The molecule has 0 bridgehead atoms. The van der Waals surface area contributed by atoms with Gasteiger partial charge >= 0.3 is 0 Å². The maximum absolute atomic E-state index is 12.4. The zero-order valence-electron chi connectivity index (χ0n) is 15.5. The molecule has 6 heteroatoms. The van der Waals surface area contributed by atoms with Crippen LogP contribution in [0.15, 0.2) is 43.0 Å². The lowest BCUT2D eigenvalue weighted by molar-refractivity contribution is -0.144. The lowest BCUT2D eigenvalue weighted by Crippen LogP contribution is -2.53. The average Bonchev–Trinajstić information content (AvgIpc) is 2.67. The Morgan fingerprint density at radius 1 is 1.23 bits per heavy atom. The third kappa shape index (κ3) is 6.61. The highest BCUT2D eigenvalue weighted by molar-refractivity contribution is 5.81. The predicted molar refractivity (Wildman–Crippen MR) is 102 cm³/mol. The molecule has 1 aliphatic heterocycles. The van der Waals surface area contributed by atoms with E-state index in [1.54, 1.807) is 13.0 Å². The highest BCUT2D eigenvalue weighted by Gasteiger charge is 2.25. The topological polar surface area (TPSA) is 61.9 Å². The molecule has 0 saturated carbocycles. The molecule has 2 amide bonds. The van der Waals surface area contributed by atoms with Gasteiger partial charge in [-0.2, -0.15) is 0 Å². The quantitative estimate of drug-likeness (QED) is 0.535. The molecular formula is C20H29N3O3. The second kappa shape index (κ2) is 10.7. The van der Waals surface area contributed by atoms with Gasteiger partial charge in [-0.25, -0.2) is 0 Å². The standard InChI is InChI=1S/C20H29N3O3/c1-3-4-14-26-17(2)20(25)23-12-10-22(11-13-23)16-19(24)21-15-18-8-6-5-7-9-18/h3,5-9,17H,1,4,10-16H2,2H3,(H,21,24). The molecule has 1 N–H and O–H groups in total. The molecule has 0 aromatic heterocycles. The van der Waals surface area contributed by atoms with Gasteiger partial charge in [0.25, 0.3) is 5.91 Å². The molecule has 1 fully saturated rings. The fourth-order valence-corrected chi connectivity index (χ4v) is 2.84. The largest absolute Gasteiger partial charge is 0.368 e. The van der Waals surface area contributed by atoms with Crippen LogP contribution >= 0.6 is 0 Å². The van der Waals surface area contributed by atoms with Crippen molar-refractivity contribution in [2.24, 2.45) is 0 Å². The maximum atomic E-state index is 12.4. The van der Waals surface area contributed by atoms with Crippen LogP contribution in [-0.2, 0) is 20.9 Å². The van der Waals surface area contributed by atoms with Gasteiger partial charge in [0.2, 0.25) is 5.91 Å². The van der Waals surface area contributed by atoms with Crippen molar-refractivity contribution in [2.45, 2.75) is 26.0 Å². The van der Waals surface area contributed by atoms with Crippen LogP contribution in [0.2, 0.25) is 0 Å². The summed E-state index contributed by atoms with van der Waals surface area (Å²) in [5, 5.41) is 2.94. The van der Waals surface area contributed by atoms with Crippen LogP contribution in [0.25, 0.3) is 0 Å². The van der Waals surface area contributed by atoms with Crippen LogP contribution in [0.3, 0.4) is 0 Å². The van der Waals surface area contributed by atoms with Crippen LogP contribution in [0.5, 0.6) is 0 Å². The Morgan fingerprint density at radius 3 is 2.58 bits per heavy atom. The molecule has 2 rings (SSSR count). The molecular weight excluding hydrogens is 330 g/mol. The lowest BCUT2D eigenvalue weighted by atomic mass is 10.2. The first kappa shape index (κ1) is 20.1. The number of ether oxygens (including phenoxy) is 1. The molecule has 1 saturated heterocycles. The first-order valence-corrected chi connectivity index (χ1v) is 9.14. The second-order valence-electron chi connectivity index (χ2n) is 6.45. The van der Waals surface area contributed by atoms with Crippen molar-refractivity contribution in [3.05, 3.63) is 48.6 Å². The van der Waals surface area contributed by atoms with Gasteiger partial charge in [0.1, 0.15) is 6.10 Å². The fourth-order valence-electron chi connectivity index (χ4n) is 2.84. The molecule has 0 aliphatic carbocycles. The highest BCUT2D eigenvalue weighted by atomic mass is 16.5. The van der Waals surface area contributed by atoms with Crippen LogP contribution in [0.1, 0.15) is 18.9 Å². The van der Waals surface area contributed by atoms with E-state index in [4.69, 9.17) is 4.74 Å². The van der Waals surface area contributed by atoms with E-state index in [9.17, 15) is 9.59 Å². The third-order valence-corrected chi connectivity index (χ3v) is 4.42. The van der Waals surface area contributed by atoms with E-state index >= 15 is 0 Å². The number of amides is 2. The number of piperazine rings is 1. The maximum Gasteiger partial charge on any atom is 0.251 e. The second-order valence-corrected chi connectivity index (χ2v) is 6.45. The molecule has 0 radical (unpaired) electrons. The predicted octanol–water partition coefficient (Wildman–Crippen LogP) is 1.43. The smallest absolute Gasteiger partial charge is 0.251 e. The molecule has 6 nitrogen and oxygen atoms in total. The minimum Gasteiger partial charge on any atom is -0.368 e. The first-order valence-electron chi connectivity index (χ1n) is 9.14. The summed E-state index contributed by atoms with van der Waals surface area (Å²) < 4.78 is 5.52. The Hall–Kier alpha value is -2.18. The Morgan fingerprint density at radius 2 is 1.92 bits per heavy atom. The van der Waals surface area contributed by atoms with Crippen LogP contribution in [0, 0.1) is 0 Å². The van der Waals surface area contributed by atoms with Gasteiger partial charge in [-0.3, -0.25) is 14.5 Å². The zero-order chi connectivity index (χ0) is 18.8. The van der Waals surface area contributed by atoms with E-state index in [-0.39, 0.29) is 11.8 Å². The molecule has 0 spiro atoms. The van der Waals surface area contributed by atoms with Gasteiger partial charge in [0.15, 0.2) is 0 Å². The molecule has 1 unspecified atom stereocenters. The van der Waals surface area contributed by atoms with Crippen molar-refractivity contribution in [3.63, 3.8) is 0 Å². The van der Waals surface area contributed by atoms with Gasteiger partial charge in [-0.05, 0) is 18.9 Å². The number of hydrogen-bond acceptors (Lipinski definition) is 4. The summed E-state index contributed by atoms with van der Waals surface area (Å²) in [6.07, 6.45) is 2.08. The number of carbonyl (C=O) groups excluding carboxylic acids is 2. The van der Waals surface area contributed by atoms with E-state index in [0.717, 1.165) is 12.0 Å². The molecule has 1 atom stereocenters. The summed E-state index contributed by atoms with van der Waals surface area (Å²) in [5.41, 5.74) is 1.08. The van der Waals surface area contributed by atoms with Crippen LogP contribution < -0.4 is 5.32 Å². The number of rotatable bonds is 9. The van der Waals surface area contributed by atoms with Crippen molar-refractivity contribution >= 4 is 11.8 Å². The zero-order valence-corrected chi connectivity index (χ0v) is 15.5. The average molecular weight is 359 g/mol. The fraction of sp³-hybridized carbons (Fsp3) is 0.500. The monoisotopic (exact) mass is 359 g/mol. The number of nitrogens with one attached hydrogen (secondary N) is 1. The Bertz CT molecular complexity index is 583. The summed E-state index contributed by atoms with van der Waals surface area (Å²) in [6, 6.07) is 9.85. The lowest BCUT2D eigenvalue weighted by Gasteiger charge is -2.35. The number of hydrogen-bond donors (Lipinski definition) is 1. The van der Waals surface area contributed by atoms with Gasteiger partial charge < -0.3 is 15.0 Å². The summed E-state index contributed by atoms with van der Waals surface area (Å²) in [5.74, 6) is 0.0250. The first-order chi connectivity index (χ1) is 12.6. The van der Waals surface area contributed by atoms with Gasteiger partial charge in [-0.15, -0.1) is 6.58 Å². The summed E-state index contributed by atoms with van der Waals surface area (Å²) in [7, 11) is 0.